The van der Waals surface area contributed by atoms with Crippen molar-refractivity contribution in [1.29, 1.82) is 0 Å². The molecule has 1 aromatic heterocycles. The molecule has 1 aliphatic heterocycles. The summed E-state index contributed by atoms with van der Waals surface area (Å²) in [7, 11) is 0. The van der Waals surface area contributed by atoms with Crippen LogP contribution in [-0.2, 0) is 6.54 Å². The maximum Gasteiger partial charge on any atom is 0.321 e. The number of halogens is 1. The number of nitrogens with two attached hydrogens (primary N) is 1. The Hall–Kier alpha value is -4.21. The molecule has 33 heavy (non-hydrogen) atoms. The molecule has 2 heterocycles. The van der Waals surface area contributed by atoms with Crippen molar-refractivity contribution in [1.82, 2.24) is 14.9 Å². The van der Waals surface area contributed by atoms with Crippen molar-refractivity contribution in [2.75, 3.05) is 29.0 Å². The van der Waals surface area contributed by atoms with Crippen LogP contribution >= 0.6 is 0 Å². The summed E-state index contributed by atoms with van der Waals surface area (Å²) in [5.74, 6) is -0.684. The fourth-order valence-corrected chi connectivity index (χ4v) is 3.50. The summed E-state index contributed by atoms with van der Waals surface area (Å²) in [6, 6.07) is 13.3. The lowest BCUT2D eigenvalue weighted by atomic mass is 10.2. The van der Waals surface area contributed by atoms with Crippen molar-refractivity contribution < 1.29 is 14.0 Å². The molecule has 3 amide bonds. The van der Waals surface area contributed by atoms with Gasteiger partial charge < -0.3 is 26.6 Å². The monoisotopic (exact) mass is 449 g/mol. The van der Waals surface area contributed by atoms with Gasteiger partial charge in [0, 0.05) is 42.8 Å². The number of carbonyl (C=O) groups excluding carboxylic acids is 2. The van der Waals surface area contributed by atoms with Crippen LogP contribution in [0.1, 0.15) is 28.8 Å². The summed E-state index contributed by atoms with van der Waals surface area (Å²) < 4.78 is 13.9. The first kappa shape index (κ1) is 22.0. The number of urea groups is 1. The smallest absolute Gasteiger partial charge is 0.321 e. The topological polar surface area (TPSA) is 125 Å². The van der Waals surface area contributed by atoms with Crippen molar-refractivity contribution in [3.05, 3.63) is 71.7 Å². The van der Waals surface area contributed by atoms with Gasteiger partial charge in [-0.2, -0.15) is 4.98 Å². The van der Waals surface area contributed by atoms with E-state index in [9.17, 15) is 14.0 Å². The van der Waals surface area contributed by atoms with Crippen LogP contribution in [0.5, 0.6) is 0 Å². The van der Waals surface area contributed by atoms with E-state index in [1.54, 1.807) is 47.4 Å². The van der Waals surface area contributed by atoms with E-state index in [0.29, 0.717) is 16.9 Å². The largest absolute Gasteiger partial charge is 0.365 e. The van der Waals surface area contributed by atoms with Gasteiger partial charge in [0.1, 0.15) is 11.6 Å². The van der Waals surface area contributed by atoms with E-state index in [0.717, 1.165) is 25.9 Å². The van der Waals surface area contributed by atoms with Crippen LogP contribution in [0.15, 0.2) is 54.7 Å². The Morgan fingerprint density at radius 1 is 1.06 bits per heavy atom. The predicted molar refractivity (Wildman–Crippen MR) is 124 cm³/mol. The van der Waals surface area contributed by atoms with Gasteiger partial charge in [0.25, 0.3) is 5.91 Å². The molecule has 0 bridgehead atoms. The van der Waals surface area contributed by atoms with Gasteiger partial charge in [0.05, 0.1) is 5.56 Å². The molecule has 1 saturated heterocycles. The number of hydrogen-bond donors (Lipinski definition) is 4. The minimum atomic E-state index is -0.704. The van der Waals surface area contributed by atoms with Crippen molar-refractivity contribution in [2.45, 2.75) is 19.4 Å². The van der Waals surface area contributed by atoms with E-state index in [4.69, 9.17) is 5.73 Å². The number of rotatable bonds is 7. The number of nitrogens with zero attached hydrogens (tertiary/aromatic N) is 3. The van der Waals surface area contributed by atoms with E-state index >= 15 is 0 Å². The zero-order chi connectivity index (χ0) is 23.2. The van der Waals surface area contributed by atoms with Crippen LogP contribution in [0.25, 0.3) is 0 Å². The Kier molecular flexibility index (Phi) is 6.63. The SMILES string of the molecule is NC(=O)c1cnc(Nc2cccc(NC(=O)N3CCCC3)c2)nc1NCc1ccccc1F. The summed E-state index contributed by atoms with van der Waals surface area (Å²) in [6.07, 6.45) is 3.34. The number of likely N-dealkylation sites (tertiary alicyclic amines) is 1. The van der Waals surface area contributed by atoms with E-state index in [2.05, 4.69) is 25.9 Å². The van der Waals surface area contributed by atoms with E-state index < -0.39 is 5.91 Å². The Labute approximate surface area is 190 Å². The molecule has 2 aromatic carbocycles. The molecular weight excluding hydrogens is 425 g/mol. The van der Waals surface area contributed by atoms with Gasteiger partial charge >= 0.3 is 6.03 Å². The maximum absolute atomic E-state index is 13.9. The maximum atomic E-state index is 13.9. The molecule has 9 nitrogen and oxygen atoms in total. The van der Waals surface area contributed by atoms with Gasteiger partial charge in [0.2, 0.25) is 5.95 Å². The molecule has 1 fully saturated rings. The highest BCUT2D eigenvalue weighted by molar-refractivity contribution is 5.97. The van der Waals surface area contributed by atoms with E-state index in [-0.39, 0.29) is 35.7 Å². The van der Waals surface area contributed by atoms with Crippen LogP contribution in [0, 0.1) is 5.82 Å². The quantitative estimate of drug-likeness (QED) is 0.436. The first-order valence-corrected chi connectivity index (χ1v) is 10.6. The van der Waals surface area contributed by atoms with Gasteiger partial charge in [-0.15, -0.1) is 0 Å². The van der Waals surface area contributed by atoms with Crippen LogP contribution < -0.4 is 21.7 Å². The lowest BCUT2D eigenvalue weighted by molar-refractivity contribution is 0.100. The summed E-state index contributed by atoms with van der Waals surface area (Å²) >= 11 is 0. The molecule has 0 unspecified atom stereocenters. The van der Waals surface area contributed by atoms with Gasteiger partial charge in [-0.05, 0) is 37.1 Å². The van der Waals surface area contributed by atoms with E-state index in [1.807, 2.05) is 0 Å². The third-order valence-electron chi connectivity index (χ3n) is 5.22. The Balaban J connectivity index is 1.48. The molecule has 10 heteroatoms. The molecule has 0 radical (unpaired) electrons. The van der Waals surface area contributed by atoms with Crippen LogP contribution in [0.3, 0.4) is 0 Å². The summed E-state index contributed by atoms with van der Waals surface area (Å²) in [5, 5.41) is 8.89. The molecule has 5 N–H and O–H groups in total. The molecule has 0 aliphatic carbocycles. The molecule has 4 rings (SSSR count). The lowest BCUT2D eigenvalue weighted by Gasteiger charge is -2.16. The molecule has 1 aliphatic rings. The molecule has 0 atom stereocenters. The fraction of sp³-hybridized carbons (Fsp3) is 0.217. The van der Waals surface area contributed by atoms with Gasteiger partial charge in [-0.1, -0.05) is 24.3 Å². The van der Waals surface area contributed by atoms with Gasteiger partial charge in [-0.25, -0.2) is 14.2 Å². The molecule has 170 valence electrons. The van der Waals surface area contributed by atoms with Crippen molar-refractivity contribution >= 4 is 35.1 Å². The minimum Gasteiger partial charge on any atom is -0.365 e. The van der Waals surface area contributed by atoms with Crippen molar-refractivity contribution in [2.24, 2.45) is 5.73 Å². The second-order valence-corrected chi connectivity index (χ2v) is 7.60. The number of primary amides is 1. The van der Waals surface area contributed by atoms with Crippen molar-refractivity contribution in [3.8, 4) is 0 Å². The highest BCUT2D eigenvalue weighted by Crippen LogP contribution is 2.22. The number of amides is 3. The summed E-state index contributed by atoms with van der Waals surface area (Å²) in [5.41, 5.74) is 7.21. The normalized spacial score (nSPS) is 12.9. The second kappa shape index (κ2) is 9.94. The number of anilines is 4. The molecular formula is C23H24FN7O2. The number of nitrogens with one attached hydrogen (secondary N) is 3. The average Bonchev–Trinajstić information content (AvgIpc) is 3.34. The highest BCUT2D eigenvalue weighted by Gasteiger charge is 2.18. The number of hydrogen-bond acceptors (Lipinski definition) is 6. The summed E-state index contributed by atoms with van der Waals surface area (Å²) in [6.45, 7) is 1.63. The van der Waals surface area contributed by atoms with Crippen LogP contribution in [0.2, 0.25) is 0 Å². The lowest BCUT2D eigenvalue weighted by Crippen LogP contribution is -2.32. The van der Waals surface area contributed by atoms with Gasteiger partial charge in [-0.3, -0.25) is 4.79 Å². The molecule has 3 aromatic rings. The van der Waals surface area contributed by atoms with Crippen molar-refractivity contribution in [3.63, 3.8) is 0 Å². The minimum absolute atomic E-state index is 0.0866. The first-order valence-electron chi connectivity index (χ1n) is 10.6. The van der Waals surface area contributed by atoms with Crippen LogP contribution in [-0.4, -0.2) is 39.9 Å². The average molecular weight is 449 g/mol. The molecule has 0 saturated carbocycles. The fourth-order valence-electron chi connectivity index (χ4n) is 3.50. The van der Waals surface area contributed by atoms with E-state index in [1.165, 1.54) is 12.3 Å². The Morgan fingerprint density at radius 3 is 2.58 bits per heavy atom. The zero-order valence-electron chi connectivity index (χ0n) is 17.8. The van der Waals surface area contributed by atoms with Crippen LogP contribution in [0.4, 0.5) is 32.3 Å². The first-order chi connectivity index (χ1) is 16.0. The summed E-state index contributed by atoms with van der Waals surface area (Å²) in [4.78, 5) is 34.4. The number of carbonyl (C=O) groups is 2. The number of aromatic nitrogens is 2. The second-order valence-electron chi connectivity index (χ2n) is 7.60. The standard InChI is InChI=1S/C23H24FN7O2/c24-19-9-2-1-6-15(19)13-26-21-18(20(25)32)14-27-22(30-21)28-16-7-5-8-17(12-16)29-23(33)31-10-3-4-11-31/h1-2,5-9,12,14H,3-4,10-11,13H2,(H2,25,32)(H,29,33)(H2,26,27,28,30). The third-order valence-corrected chi connectivity index (χ3v) is 5.22. The Bertz CT molecular complexity index is 1170. The predicted octanol–water partition coefficient (Wildman–Crippen LogP) is 3.70. The highest BCUT2D eigenvalue weighted by atomic mass is 19.1. The molecule has 0 spiro atoms. The third kappa shape index (κ3) is 5.53. The van der Waals surface area contributed by atoms with Gasteiger partial charge in [0.15, 0.2) is 0 Å². The Morgan fingerprint density at radius 2 is 1.82 bits per heavy atom. The zero-order valence-corrected chi connectivity index (χ0v) is 17.8. The number of benzene rings is 2.